The number of sulfonamides is 1. The molecule has 1 aromatic heterocycles. The topological polar surface area (TPSA) is 95.7 Å². The lowest BCUT2D eigenvalue weighted by molar-refractivity contribution is -0.0408. The average Bonchev–Trinajstić information content (AvgIpc) is 2.58. The van der Waals surface area contributed by atoms with Gasteiger partial charge in [-0.2, -0.15) is 4.31 Å². The Kier molecular flexibility index (Phi) is 5.81. The van der Waals surface area contributed by atoms with Crippen molar-refractivity contribution in [1.82, 2.24) is 18.8 Å². The van der Waals surface area contributed by atoms with Crippen molar-refractivity contribution in [3.05, 3.63) is 28.9 Å². The molecule has 3 heterocycles. The fourth-order valence-electron chi connectivity index (χ4n) is 4.02. The number of nitrogens with zero attached hydrogens (tertiary/aromatic N) is 4. The third-order valence-corrected chi connectivity index (χ3v) is 6.71. The lowest BCUT2D eigenvalue weighted by Crippen LogP contribution is -2.56. The molecule has 3 rings (SSSR count). The highest BCUT2D eigenvalue weighted by molar-refractivity contribution is 7.88. The predicted octanol–water partition coefficient (Wildman–Crippen LogP) is -0.258. The van der Waals surface area contributed by atoms with E-state index in [2.05, 4.69) is 9.88 Å². The summed E-state index contributed by atoms with van der Waals surface area (Å²) in [6.45, 7) is 3.53. The SMILES string of the molecule is CS(=O)(=O)N1CCCC(O)(CN2CCC(Cn3cnccc3=O)CC2)C1. The summed E-state index contributed by atoms with van der Waals surface area (Å²) in [4.78, 5) is 18.0. The molecule has 0 aliphatic carbocycles. The number of aromatic nitrogens is 2. The zero-order valence-corrected chi connectivity index (χ0v) is 16.1. The molecule has 2 aliphatic heterocycles. The monoisotopic (exact) mass is 384 g/mol. The fourth-order valence-corrected chi connectivity index (χ4v) is 4.96. The highest BCUT2D eigenvalue weighted by Crippen LogP contribution is 2.26. The van der Waals surface area contributed by atoms with E-state index in [1.165, 1.54) is 22.8 Å². The molecule has 2 aliphatic rings. The predicted molar refractivity (Wildman–Crippen MR) is 98.3 cm³/mol. The van der Waals surface area contributed by atoms with Crippen LogP contribution in [0.5, 0.6) is 0 Å². The molecule has 1 aromatic rings. The second-order valence-electron chi connectivity index (χ2n) is 7.71. The Bertz CT molecular complexity index is 773. The Morgan fingerprint density at radius 3 is 2.69 bits per heavy atom. The van der Waals surface area contributed by atoms with Crippen LogP contribution in [0.1, 0.15) is 25.7 Å². The van der Waals surface area contributed by atoms with Crippen molar-refractivity contribution in [2.75, 3.05) is 39.0 Å². The van der Waals surface area contributed by atoms with E-state index in [1.54, 1.807) is 10.9 Å². The van der Waals surface area contributed by atoms with E-state index < -0.39 is 15.6 Å². The molecule has 0 spiro atoms. The molecule has 0 saturated carbocycles. The first-order valence-corrected chi connectivity index (χ1v) is 11.0. The largest absolute Gasteiger partial charge is 0.387 e. The molecular weight excluding hydrogens is 356 g/mol. The van der Waals surface area contributed by atoms with Gasteiger partial charge in [0.2, 0.25) is 10.0 Å². The van der Waals surface area contributed by atoms with Crippen LogP contribution in [0, 0.1) is 5.92 Å². The van der Waals surface area contributed by atoms with Crippen LogP contribution in [0.25, 0.3) is 0 Å². The summed E-state index contributed by atoms with van der Waals surface area (Å²) in [6, 6.07) is 1.47. The molecule has 2 fully saturated rings. The van der Waals surface area contributed by atoms with Crippen LogP contribution < -0.4 is 5.56 Å². The van der Waals surface area contributed by atoms with Crippen molar-refractivity contribution in [3.63, 3.8) is 0 Å². The van der Waals surface area contributed by atoms with Gasteiger partial charge in [-0.3, -0.25) is 9.36 Å². The molecule has 0 radical (unpaired) electrons. The number of hydrogen-bond acceptors (Lipinski definition) is 6. The summed E-state index contributed by atoms with van der Waals surface area (Å²) in [6.07, 6.45) is 7.50. The highest BCUT2D eigenvalue weighted by atomic mass is 32.2. The van der Waals surface area contributed by atoms with Crippen molar-refractivity contribution in [3.8, 4) is 0 Å². The van der Waals surface area contributed by atoms with Gasteiger partial charge in [-0.1, -0.05) is 0 Å². The van der Waals surface area contributed by atoms with Gasteiger partial charge in [0.15, 0.2) is 0 Å². The standard InChI is InChI=1S/C17H28N4O4S/c1-26(24,25)21-8-2-6-17(23,13-21)12-19-9-4-15(5-10-19)11-20-14-18-7-3-16(20)22/h3,7,14-15,23H,2,4-6,8-13H2,1H3. The smallest absolute Gasteiger partial charge is 0.253 e. The molecule has 0 amide bonds. The van der Waals surface area contributed by atoms with Crippen molar-refractivity contribution < 1.29 is 13.5 Å². The molecule has 1 N–H and O–H groups in total. The summed E-state index contributed by atoms with van der Waals surface area (Å²) in [5.74, 6) is 0.418. The van der Waals surface area contributed by atoms with Gasteiger partial charge in [0.05, 0.1) is 18.2 Å². The molecule has 1 atom stereocenters. The zero-order valence-electron chi connectivity index (χ0n) is 15.2. The average molecular weight is 385 g/mol. The van der Waals surface area contributed by atoms with Crippen molar-refractivity contribution >= 4 is 10.0 Å². The second kappa shape index (κ2) is 7.75. The van der Waals surface area contributed by atoms with E-state index in [9.17, 15) is 18.3 Å². The van der Waals surface area contributed by atoms with Gasteiger partial charge in [0.1, 0.15) is 0 Å². The summed E-state index contributed by atoms with van der Waals surface area (Å²) in [5, 5.41) is 10.9. The number of aliphatic hydroxyl groups is 1. The number of likely N-dealkylation sites (tertiary alicyclic amines) is 1. The number of hydrogen-bond donors (Lipinski definition) is 1. The van der Waals surface area contributed by atoms with Crippen LogP contribution in [-0.2, 0) is 16.6 Å². The molecule has 146 valence electrons. The lowest BCUT2D eigenvalue weighted by Gasteiger charge is -2.42. The zero-order chi connectivity index (χ0) is 18.8. The van der Waals surface area contributed by atoms with Crippen LogP contribution in [0.3, 0.4) is 0 Å². The normalized spacial score (nSPS) is 26.8. The van der Waals surface area contributed by atoms with Gasteiger partial charge < -0.3 is 10.0 Å². The summed E-state index contributed by atoms with van der Waals surface area (Å²) in [7, 11) is -3.27. The van der Waals surface area contributed by atoms with Gasteiger partial charge in [-0.15, -0.1) is 0 Å². The van der Waals surface area contributed by atoms with Crippen molar-refractivity contribution in [2.45, 2.75) is 37.8 Å². The first kappa shape index (κ1) is 19.5. The fraction of sp³-hybridized carbons (Fsp3) is 0.765. The number of rotatable bonds is 5. The second-order valence-corrected chi connectivity index (χ2v) is 9.70. The molecule has 8 nitrogen and oxygen atoms in total. The van der Waals surface area contributed by atoms with Gasteiger partial charge in [-0.25, -0.2) is 13.4 Å². The number of piperidine rings is 2. The minimum absolute atomic E-state index is 0.0280. The molecule has 2 saturated heterocycles. The van der Waals surface area contributed by atoms with E-state index >= 15 is 0 Å². The van der Waals surface area contributed by atoms with Crippen molar-refractivity contribution in [2.24, 2.45) is 5.92 Å². The van der Waals surface area contributed by atoms with Crippen LogP contribution in [-0.4, -0.2) is 76.9 Å². The molecule has 9 heteroatoms. The van der Waals surface area contributed by atoms with Crippen LogP contribution in [0.4, 0.5) is 0 Å². The Hall–Kier alpha value is -1.29. The lowest BCUT2D eigenvalue weighted by atomic mass is 9.91. The highest BCUT2D eigenvalue weighted by Gasteiger charge is 2.38. The quantitative estimate of drug-likeness (QED) is 0.752. The van der Waals surface area contributed by atoms with Gasteiger partial charge in [-0.05, 0) is 44.7 Å². The molecule has 0 aromatic carbocycles. The van der Waals surface area contributed by atoms with Crippen molar-refractivity contribution in [1.29, 1.82) is 0 Å². The third-order valence-electron chi connectivity index (χ3n) is 5.46. The van der Waals surface area contributed by atoms with Crippen LogP contribution >= 0.6 is 0 Å². The first-order chi connectivity index (χ1) is 12.3. The van der Waals surface area contributed by atoms with E-state index in [0.29, 0.717) is 38.4 Å². The minimum Gasteiger partial charge on any atom is -0.387 e. The van der Waals surface area contributed by atoms with Gasteiger partial charge in [0, 0.05) is 38.4 Å². The maximum atomic E-state index is 11.8. The Balaban J connectivity index is 1.52. The van der Waals surface area contributed by atoms with Gasteiger partial charge >= 0.3 is 0 Å². The molecule has 1 unspecified atom stereocenters. The van der Waals surface area contributed by atoms with Crippen LogP contribution in [0.15, 0.2) is 23.4 Å². The number of β-amino-alcohol motifs (C(OH)–C–C–N with tert-alkyl or cyclic N) is 1. The Labute approximate surface area is 154 Å². The molecule has 26 heavy (non-hydrogen) atoms. The summed E-state index contributed by atoms with van der Waals surface area (Å²) < 4.78 is 26.6. The van der Waals surface area contributed by atoms with E-state index in [-0.39, 0.29) is 12.1 Å². The van der Waals surface area contributed by atoms with E-state index in [1.807, 2.05) is 0 Å². The minimum atomic E-state index is -3.27. The molecule has 0 bridgehead atoms. The Morgan fingerprint density at radius 1 is 1.31 bits per heavy atom. The van der Waals surface area contributed by atoms with E-state index in [0.717, 1.165) is 25.9 Å². The summed E-state index contributed by atoms with van der Waals surface area (Å²) >= 11 is 0. The molecular formula is C17H28N4O4S. The van der Waals surface area contributed by atoms with Crippen LogP contribution in [0.2, 0.25) is 0 Å². The first-order valence-electron chi connectivity index (χ1n) is 9.15. The Morgan fingerprint density at radius 2 is 2.04 bits per heavy atom. The maximum Gasteiger partial charge on any atom is 0.253 e. The van der Waals surface area contributed by atoms with E-state index in [4.69, 9.17) is 0 Å². The third kappa shape index (κ3) is 4.91. The maximum absolute atomic E-state index is 11.8. The summed E-state index contributed by atoms with van der Waals surface area (Å²) in [5.41, 5.74) is -1.01. The van der Waals surface area contributed by atoms with Gasteiger partial charge in [0.25, 0.3) is 5.56 Å².